The lowest BCUT2D eigenvalue weighted by molar-refractivity contribution is -0.140. The first-order valence-electron chi connectivity index (χ1n) is 10.2. The summed E-state index contributed by atoms with van der Waals surface area (Å²) in [6.45, 7) is 1.85. The molecule has 4 rings (SSSR count). The molecule has 1 aliphatic heterocycles. The van der Waals surface area contributed by atoms with Gasteiger partial charge in [-0.3, -0.25) is 4.79 Å². The summed E-state index contributed by atoms with van der Waals surface area (Å²) >= 11 is 0.737. The van der Waals surface area contributed by atoms with Crippen LogP contribution < -0.4 is 10.2 Å². The van der Waals surface area contributed by atoms with Gasteiger partial charge in [0.15, 0.2) is 5.69 Å². The molecule has 1 N–H and O–H groups in total. The Bertz CT molecular complexity index is 1080. The molecule has 2 aromatic carbocycles. The van der Waals surface area contributed by atoms with Crippen molar-refractivity contribution in [3.63, 3.8) is 0 Å². The molecule has 3 aromatic rings. The molecule has 0 bridgehead atoms. The number of likely N-dealkylation sites (N-methyl/N-ethyl adjacent to an activating group) is 1. The van der Waals surface area contributed by atoms with E-state index in [1.807, 2.05) is 12.1 Å². The third-order valence-electron chi connectivity index (χ3n) is 5.51. The van der Waals surface area contributed by atoms with Gasteiger partial charge in [0.05, 0.1) is 0 Å². The molecular weight excluding hydrogens is 437 g/mol. The number of benzene rings is 2. The Morgan fingerprint density at radius 3 is 2.41 bits per heavy atom. The molecule has 2 heterocycles. The number of nitrogens with one attached hydrogen (secondary N) is 1. The summed E-state index contributed by atoms with van der Waals surface area (Å²) in [5.41, 5.74) is 0.827. The Hall–Kier alpha value is -2.91. The first-order valence-corrected chi connectivity index (χ1v) is 11.0. The van der Waals surface area contributed by atoms with Crippen molar-refractivity contribution in [1.29, 1.82) is 0 Å². The fourth-order valence-corrected chi connectivity index (χ4v) is 4.70. The van der Waals surface area contributed by atoms with Crippen LogP contribution in [0.1, 0.15) is 21.8 Å². The van der Waals surface area contributed by atoms with Crippen LogP contribution >= 0.6 is 11.3 Å². The van der Waals surface area contributed by atoms with E-state index in [4.69, 9.17) is 0 Å². The number of thiazole rings is 1. The summed E-state index contributed by atoms with van der Waals surface area (Å²) in [5, 5.41) is 2.74. The molecule has 1 aliphatic rings. The number of aromatic nitrogens is 1. The van der Waals surface area contributed by atoms with Crippen molar-refractivity contribution in [3.8, 4) is 10.6 Å². The summed E-state index contributed by atoms with van der Waals surface area (Å²) in [7, 11) is 4.12. The second-order valence-electron chi connectivity index (χ2n) is 7.91. The van der Waals surface area contributed by atoms with E-state index in [1.165, 1.54) is 0 Å². The highest BCUT2D eigenvalue weighted by Gasteiger charge is 2.39. The van der Waals surface area contributed by atoms with Gasteiger partial charge in [-0.05, 0) is 44.8 Å². The quantitative estimate of drug-likeness (QED) is 0.567. The topological polar surface area (TPSA) is 48.5 Å². The van der Waals surface area contributed by atoms with Crippen molar-refractivity contribution in [2.24, 2.45) is 0 Å². The molecule has 1 saturated heterocycles. The van der Waals surface area contributed by atoms with Gasteiger partial charge in [0.25, 0.3) is 5.91 Å². The van der Waals surface area contributed by atoms with Crippen LogP contribution in [0.4, 0.5) is 24.5 Å². The van der Waals surface area contributed by atoms with Gasteiger partial charge < -0.3 is 15.1 Å². The number of hydrogen-bond donors (Lipinski definition) is 1. The molecule has 0 radical (unpaired) electrons. The number of amides is 1. The molecule has 1 atom stereocenters. The van der Waals surface area contributed by atoms with Crippen LogP contribution in [0.25, 0.3) is 10.6 Å². The Labute approximate surface area is 188 Å². The molecule has 32 heavy (non-hydrogen) atoms. The van der Waals surface area contributed by atoms with E-state index in [2.05, 4.69) is 34.2 Å². The van der Waals surface area contributed by atoms with Crippen LogP contribution in [-0.2, 0) is 6.18 Å². The number of nitrogens with zero attached hydrogens (tertiary/aromatic N) is 3. The fraction of sp³-hybridized carbons (Fsp3) is 0.304. The number of carbonyl (C=O) groups is 1. The molecule has 0 saturated carbocycles. The Balaban J connectivity index is 1.52. The molecule has 5 nitrogen and oxygen atoms in total. The minimum absolute atomic E-state index is 0.155. The van der Waals surface area contributed by atoms with E-state index in [9.17, 15) is 18.0 Å². The average molecular weight is 461 g/mol. The van der Waals surface area contributed by atoms with E-state index in [-0.39, 0.29) is 5.01 Å². The largest absolute Gasteiger partial charge is 0.435 e. The molecule has 168 valence electrons. The molecule has 1 fully saturated rings. The third-order valence-corrected chi connectivity index (χ3v) is 6.61. The van der Waals surface area contributed by atoms with Crippen LogP contribution in [0.5, 0.6) is 0 Å². The molecule has 9 heteroatoms. The predicted molar refractivity (Wildman–Crippen MR) is 121 cm³/mol. The van der Waals surface area contributed by atoms with E-state index in [1.54, 1.807) is 42.5 Å². The highest BCUT2D eigenvalue weighted by atomic mass is 32.1. The Morgan fingerprint density at radius 2 is 1.81 bits per heavy atom. The lowest BCUT2D eigenvalue weighted by Gasteiger charge is -2.22. The number of carbonyl (C=O) groups excluding carboxylic acids is 1. The molecule has 1 amide bonds. The number of hydrogen-bond acceptors (Lipinski definition) is 5. The summed E-state index contributed by atoms with van der Waals surface area (Å²) in [6.07, 6.45) is -3.65. The molecule has 0 spiro atoms. The van der Waals surface area contributed by atoms with Crippen molar-refractivity contribution in [3.05, 3.63) is 65.2 Å². The normalized spacial score (nSPS) is 16.6. The minimum atomic E-state index is -4.72. The van der Waals surface area contributed by atoms with Gasteiger partial charge in [-0.25, -0.2) is 4.98 Å². The summed E-state index contributed by atoms with van der Waals surface area (Å²) in [5.74, 6) is -0.821. The SMILES string of the molecule is CN(C)C1CCN(c2ccc(NC(=O)c3sc(-c4ccccc4)nc3C(F)(F)F)cc2)C1. The number of anilines is 2. The van der Waals surface area contributed by atoms with Gasteiger partial charge in [-0.1, -0.05) is 30.3 Å². The lowest BCUT2D eigenvalue weighted by atomic mass is 10.2. The Morgan fingerprint density at radius 1 is 1.12 bits per heavy atom. The monoisotopic (exact) mass is 460 g/mol. The van der Waals surface area contributed by atoms with E-state index < -0.39 is 22.7 Å². The Kier molecular flexibility index (Phi) is 6.21. The van der Waals surface area contributed by atoms with Gasteiger partial charge in [0.1, 0.15) is 9.88 Å². The minimum Gasteiger partial charge on any atom is -0.370 e. The maximum atomic E-state index is 13.5. The fourth-order valence-electron chi connectivity index (χ4n) is 3.71. The van der Waals surface area contributed by atoms with Crippen LogP contribution in [0, 0.1) is 0 Å². The van der Waals surface area contributed by atoms with Crippen molar-refractivity contribution in [1.82, 2.24) is 9.88 Å². The molecule has 1 aromatic heterocycles. The molecule has 1 unspecified atom stereocenters. The predicted octanol–water partition coefficient (Wildman–Crippen LogP) is 5.22. The highest BCUT2D eigenvalue weighted by molar-refractivity contribution is 7.17. The van der Waals surface area contributed by atoms with Crippen molar-refractivity contribution >= 4 is 28.6 Å². The smallest absolute Gasteiger partial charge is 0.370 e. The maximum absolute atomic E-state index is 13.5. The van der Waals surface area contributed by atoms with Crippen molar-refractivity contribution in [2.75, 3.05) is 37.4 Å². The van der Waals surface area contributed by atoms with Gasteiger partial charge in [-0.2, -0.15) is 13.2 Å². The van der Waals surface area contributed by atoms with Crippen molar-refractivity contribution < 1.29 is 18.0 Å². The summed E-state index contributed by atoms with van der Waals surface area (Å²) < 4.78 is 40.6. The van der Waals surface area contributed by atoms with Gasteiger partial charge >= 0.3 is 6.18 Å². The maximum Gasteiger partial charge on any atom is 0.435 e. The summed E-state index contributed by atoms with van der Waals surface area (Å²) in [4.78, 5) is 20.5. The first-order chi connectivity index (χ1) is 15.2. The standard InChI is InChI=1S/C23H23F3N4OS/c1-29(2)18-12-13-30(14-18)17-10-8-16(9-11-17)27-21(31)19-20(23(24,25)26)28-22(32-19)15-6-4-3-5-7-15/h3-11,18H,12-14H2,1-2H3,(H,27,31). The highest BCUT2D eigenvalue weighted by Crippen LogP contribution is 2.38. The zero-order chi connectivity index (χ0) is 22.9. The second kappa shape index (κ2) is 8.91. The van der Waals surface area contributed by atoms with Gasteiger partial charge in [-0.15, -0.1) is 11.3 Å². The van der Waals surface area contributed by atoms with E-state index in [0.29, 0.717) is 17.3 Å². The third kappa shape index (κ3) is 4.78. The zero-order valence-electron chi connectivity index (χ0n) is 17.7. The number of alkyl halides is 3. The lowest BCUT2D eigenvalue weighted by Crippen LogP contribution is -2.31. The van der Waals surface area contributed by atoms with Gasteiger partial charge in [0.2, 0.25) is 0 Å². The second-order valence-corrected chi connectivity index (χ2v) is 8.91. The first kappa shape index (κ1) is 22.3. The number of rotatable bonds is 5. The zero-order valence-corrected chi connectivity index (χ0v) is 18.5. The van der Waals surface area contributed by atoms with Crippen LogP contribution in [0.3, 0.4) is 0 Å². The van der Waals surface area contributed by atoms with Crippen LogP contribution in [0.15, 0.2) is 54.6 Å². The average Bonchev–Trinajstić information content (AvgIpc) is 3.43. The van der Waals surface area contributed by atoms with E-state index in [0.717, 1.165) is 36.5 Å². The number of halogens is 3. The van der Waals surface area contributed by atoms with Crippen molar-refractivity contribution in [2.45, 2.75) is 18.6 Å². The molecule has 0 aliphatic carbocycles. The van der Waals surface area contributed by atoms with Crippen LogP contribution in [-0.4, -0.2) is 49.0 Å². The summed E-state index contributed by atoms with van der Waals surface area (Å²) in [6, 6.07) is 16.2. The van der Waals surface area contributed by atoms with Gasteiger partial charge in [0, 0.05) is 36.1 Å². The van der Waals surface area contributed by atoms with Crippen LogP contribution in [0.2, 0.25) is 0 Å². The molecular formula is C23H23F3N4OS. The van der Waals surface area contributed by atoms with E-state index >= 15 is 0 Å².